The van der Waals surface area contributed by atoms with Gasteiger partial charge in [-0.05, 0) is 25.7 Å². The van der Waals surface area contributed by atoms with Crippen LogP contribution in [0.15, 0.2) is 4.99 Å². The lowest BCUT2D eigenvalue weighted by Crippen LogP contribution is -2.43. The first-order valence-corrected chi connectivity index (χ1v) is 4.90. The largest absolute Gasteiger partial charge is 0.369 e. The molecule has 0 aromatic carbocycles. The highest BCUT2D eigenvalue weighted by atomic mass is 15.3. The van der Waals surface area contributed by atoms with Gasteiger partial charge in [-0.1, -0.05) is 19.8 Å². The SMILES string of the molecule is CC1CCCCC1(C)N=C(N)NN. The summed E-state index contributed by atoms with van der Waals surface area (Å²) in [7, 11) is 0. The van der Waals surface area contributed by atoms with Gasteiger partial charge in [-0.3, -0.25) is 5.43 Å². The topological polar surface area (TPSA) is 76.4 Å². The smallest absolute Gasteiger partial charge is 0.203 e. The van der Waals surface area contributed by atoms with Crippen LogP contribution < -0.4 is 17.0 Å². The van der Waals surface area contributed by atoms with E-state index in [-0.39, 0.29) is 5.54 Å². The molecule has 0 aromatic heterocycles. The van der Waals surface area contributed by atoms with E-state index in [2.05, 4.69) is 24.3 Å². The zero-order valence-corrected chi connectivity index (χ0v) is 8.51. The Hall–Kier alpha value is -0.770. The molecule has 0 amide bonds. The number of nitrogens with zero attached hydrogens (tertiary/aromatic N) is 1. The van der Waals surface area contributed by atoms with Crippen molar-refractivity contribution >= 4 is 5.96 Å². The Balaban J connectivity index is 2.72. The second-order valence-corrected chi connectivity index (χ2v) is 4.15. The van der Waals surface area contributed by atoms with Gasteiger partial charge < -0.3 is 5.73 Å². The average molecular weight is 184 g/mol. The molecule has 0 heterocycles. The van der Waals surface area contributed by atoms with Crippen molar-refractivity contribution < 1.29 is 0 Å². The fourth-order valence-corrected chi connectivity index (χ4v) is 1.96. The zero-order valence-electron chi connectivity index (χ0n) is 8.51. The molecule has 2 atom stereocenters. The van der Waals surface area contributed by atoms with Gasteiger partial charge in [0.25, 0.3) is 0 Å². The van der Waals surface area contributed by atoms with Gasteiger partial charge in [0, 0.05) is 0 Å². The maximum atomic E-state index is 5.57. The summed E-state index contributed by atoms with van der Waals surface area (Å²) in [5.74, 6) is 6.12. The summed E-state index contributed by atoms with van der Waals surface area (Å²) in [6, 6.07) is 0. The van der Waals surface area contributed by atoms with Crippen LogP contribution in [-0.2, 0) is 0 Å². The Bertz CT molecular complexity index is 202. The number of hydrogen-bond donors (Lipinski definition) is 3. The minimum atomic E-state index is -0.0191. The number of hydrogen-bond acceptors (Lipinski definition) is 2. The number of guanidine groups is 1. The lowest BCUT2D eigenvalue weighted by atomic mass is 9.75. The molecule has 1 rings (SSSR count). The van der Waals surface area contributed by atoms with Gasteiger partial charge in [0.2, 0.25) is 5.96 Å². The van der Waals surface area contributed by atoms with Gasteiger partial charge in [0.05, 0.1) is 5.54 Å². The third-order valence-corrected chi connectivity index (χ3v) is 3.16. The summed E-state index contributed by atoms with van der Waals surface area (Å²) in [6.07, 6.45) is 4.89. The van der Waals surface area contributed by atoms with E-state index in [0.717, 1.165) is 6.42 Å². The number of rotatable bonds is 1. The molecule has 1 fully saturated rings. The molecule has 0 bridgehead atoms. The van der Waals surface area contributed by atoms with E-state index in [1.165, 1.54) is 19.3 Å². The van der Waals surface area contributed by atoms with Gasteiger partial charge in [-0.15, -0.1) is 0 Å². The molecule has 5 N–H and O–H groups in total. The first-order valence-electron chi connectivity index (χ1n) is 4.90. The maximum Gasteiger partial charge on any atom is 0.203 e. The normalized spacial score (nSPS) is 35.9. The van der Waals surface area contributed by atoms with E-state index in [1.807, 2.05) is 0 Å². The fraction of sp³-hybridized carbons (Fsp3) is 0.889. The van der Waals surface area contributed by atoms with E-state index in [1.54, 1.807) is 0 Å². The second kappa shape index (κ2) is 3.96. The van der Waals surface area contributed by atoms with Crippen molar-refractivity contribution in [2.24, 2.45) is 22.5 Å². The molecule has 0 aliphatic heterocycles. The summed E-state index contributed by atoms with van der Waals surface area (Å²) < 4.78 is 0. The van der Waals surface area contributed by atoms with Gasteiger partial charge in [0.15, 0.2) is 0 Å². The number of hydrazine groups is 1. The van der Waals surface area contributed by atoms with E-state index in [4.69, 9.17) is 11.6 Å². The van der Waals surface area contributed by atoms with Gasteiger partial charge >= 0.3 is 0 Å². The van der Waals surface area contributed by atoms with Crippen molar-refractivity contribution in [3.63, 3.8) is 0 Å². The third kappa shape index (κ3) is 2.34. The van der Waals surface area contributed by atoms with Crippen LogP contribution in [-0.4, -0.2) is 11.5 Å². The van der Waals surface area contributed by atoms with Crippen LogP contribution in [0.5, 0.6) is 0 Å². The molecule has 0 saturated heterocycles. The van der Waals surface area contributed by atoms with Crippen molar-refractivity contribution in [1.29, 1.82) is 0 Å². The standard InChI is InChI=1S/C9H20N4/c1-7-5-3-4-6-9(7,2)12-8(10)13-11/h7H,3-6,11H2,1-2H3,(H3,10,12,13). The molecule has 2 unspecified atom stereocenters. The van der Waals surface area contributed by atoms with Crippen LogP contribution >= 0.6 is 0 Å². The molecule has 1 aliphatic rings. The minimum Gasteiger partial charge on any atom is -0.369 e. The Kier molecular flexibility index (Phi) is 3.14. The summed E-state index contributed by atoms with van der Waals surface area (Å²) in [5, 5.41) is 0. The lowest BCUT2D eigenvalue weighted by Gasteiger charge is -2.36. The Morgan fingerprint density at radius 3 is 2.77 bits per heavy atom. The van der Waals surface area contributed by atoms with Crippen LogP contribution in [0.25, 0.3) is 0 Å². The zero-order chi connectivity index (χ0) is 9.90. The van der Waals surface area contributed by atoms with E-state index >= 15 is 0 Å². The van der Waals surface area contributed by atoms with Gasteiger partial charge in [-0.25, -0.2) is 10.8 Å². The van der Waals surface area contributed by atoms with Crippen LogP contribution in [0.2, 0.25) is 0 Å². The predicted molar refractivity (Wildman–Crippen MR) is 55.0 cm³/mol. The minimum absolute atomic E-state index is 0.0191. The highest BCUT2D eigenvalue weighted by molar-refractivity contribution is 5.77. The molecule has 0 aromatic rings. The highest BCUT2D eigenvalue weighted by Crippen LogP contribution is 2.36. The number of nitrogens with two attached hydrogens (primary N) is 2. The Morgan fingerprint density at radius 1 is 1.54 bits per heavy atom. The third-order valence-electron chi connectivity index (χ3n) is 3.16. The summed E-state index contributed by atoms with van der Waals surface area (Å²) in [4.78, 5) is 4.43. The molecular formula is C9H20N4. The maximum absolute atomic E-state index is 5.57. The van der Waals surface area contributed by atoms with Crippen LogP contribution in [0.1, 0.15) is 39.5 Å². The Morgan fingerprint density at radius 2 is 2.23 bits per heavy atom. The molecule has 4 heteroatoms. The average Bonchev–Trinajstić information content (AvgIpc) is 2.10. The molecule has 76 valence electrons. The van der Waals surface area contributed by atoms with Crippen molar-refractivity contribution in [3.8, 4) is 0 Å². The second-order valence-electron chi connectivity index (χ2n) is 4.15. The van der Waals surface area contributed by atoms with Crippen LogP contribution in [0.3, 0.4) is 0 Å². The fourth-order valence-electron chi connectivity index (χ4n) is 1.96. The summed E-state index contributed by atoms with van der Waals surface area (Å²) in [5.41, 5.74) is 7.93. The summed E-state index contributed by atoms with van der Waals surface area (Å²) in [6.45, 7) is 4.38. The molecule has 0 spiro atoms. The first-order chi connectivity index (χ1) is 6.08. The van der Waals surface area contributed by atoms with Gasteiger partial charge in [-0.2, -0.15) is 0 Å². The Labute approximate surface area is 79.7 Å². The van der Waals surface area contributed by atoms with E-state index in [9.17, 15) is 0 Å². The monoisotopic (exact) mass is 184 g/mol. The van der Waals surface area contributed by atoms with Crippen molar-refractivity contribution in [2.45, 2.75) is 45.1 Å². The molecule has 1 saturated carbocycles. The molecule has 4 nitrogen and oxygen atoms in total. The molecule has 0 radical (unpaired) electrons. The molecule has 1 aliphatic carbocycles. The lowest BCUT2D eigenvalue weighted by molar-refractivity contribution is 0.228. The van der Waals surface area contributed by atoms with E-state index < -0.39 is 0 Å². The first kappa shape index (κ1) is 10.3. The van der Waals surface area contributed by atoms with Crippen molar-refractivity contribution in [3.05, 3.63) is 0 Å². The number of nitrogens with one attached hydrogen (secondary N) is 1. The predicted octanol–water partition coefficient (Wildman–Crippen LogP) is 0.733. The van der Waals surface area contributed by atoms with Gasteiger partial charge in [0.1, 0.15) is 0 Å². The van der Waals surface area contributed by atoms with Crippen molar-refractivity contribution in [2.75, 3.05) is 0 Å². The highest BCUT2D eigenvalue weighted by Gasteiger charge is 2.33. The summed E-state index contributed by atoms with van der Waals surface area (Å²) >= 11 is 0. The van der Waals surface area contributed by atoms with E-state index in [0.29, 0.717) is 11.9 Å². The van der Waals surface area contributed by atoms with Crippen molar-refractivity contribution in [1.82, 2.24) is 5.43 Å². The molecule has 13 heavy (non-hydrogen) atoms. The molecular weight excluding hydrogens is 164 g/mol. The number of aliphatic imine (C=N–C) groups is 1. The van der Waals surface area contributed by atoms with Crippen LogP contribution in [0, 0.1) is 5.92 Å². The quantitative estimate of drug-likeness (QED) is 0.243. The van der Waals surface area contributed by atoms with Crippen LogP contribution in [0.4, 0.5) is 0 Å².